The average molecular weight is 627 g/mol. The second kappa shape index (κ2) is 11.0. The third-order valence-corrected chi connectivity index (χ3v) is 9.76. The minimum absolute atomic E-state index is 0.881. The molecule has 0 aliphatic carbocycles. The number of benzene rings is 8. The van der Waals surface area contributed by atoms with Gasteiger partial charge in [-0.05, 0) is 77.2 Å². The van der Waals surface area contributed by atoms with Gasteiger partial charge in [-0.25, -0.2) is 0 Å². The van der Waals surface area contributed by atoms with Gasteiger partial charge in [0.2, 0.25) is 0 Å². The Labute approximate surface area is 283 Å². The summed E-state index contributed by atoms with van der Waals surface area (Å²) in [4.78, 5) is 2.29. The summed E-state index contributed by atoms with van der Waals surface area (Å²) in [5.74, 6) is 0. The zero-order chi connectivity index (χ0) is 32.3. The summed E-state index contributed by atoms with van der Waals surface area (Å²) in [6, 6.07) is 64.9. The Morgan fingerprint density at radius 2 is 1.00 bits per heavy atom. The number of aromatic nitrogens is 1. The Balaban J connectivity index is 1.11. The van der Waals surface area contributed by atoms with Crippen LogP contribution in [0.4, 0.5) is 17.1 Å². The molecule has 49 heavy (non-hydrogen) atoms. The van der Waals surface area contributed by atoms with Crippen LogP contribution in [0.5, 0.6) is 0 Å². The van der Waals surface area contributed by atoms with Crippen LogP contribution < -0.4 is 4.90 Å². The van der Waals surface area contributed by atoms with Crippen LogP contribution in [0, 0.1) is 0 Å². The van der Waals surface area contributed by atoms with Crippen molar-refractivity contribution in [3.8, 4) is 16.8 Å². The van der Waals surface area contributed by atoms with E-state index >= 15 is 0 Å². The van der Waals surface area contributed by atoms with Gasteiger partial charge in [0, 0.05) is 55.7 Å². The molecule has 0 unspecified atom stereocenters. The van der Waals surface area contributed by atoms with Crippen molar-refractivity contribution in [2.45, 2.75) is 0 Å². The smallest absolute Gasteiger partial charge is 0.137 e. The van der Waals surface area contributed by atoms with Gasteiger partial charge in [-0.15, -0.1) is 0 Å². The SMILES string of the molecule is c1ccc(N(c2ccc(-c3ccc4c5ccc6ccccc6c5n(-c5ccccc5)c4c3)cc2)c2ccc3c(c2)oc2ccccc23)cc1. The number of hydrogen-bond donors (Lipinski definition) is 0. The van der Waals surface area contributed by atoms with E-state index in [1.54, 1.807) is 0 Å². The van der Waals surface area contributed by atoms with E-state index in [4.69, 9.17) is 4.42 Å². The molecule has 0 radical (unpaired) electrons. The van der Waals surface area contributed by atoms with Crippen LogP contribution >= 0.6 is 0 Å². The van der Waals surface area contributed by atoms with Crippen LogP contribution in [0.3, 0.4) is 0 Å². The molecule has 0 saturated heterocycles. The second-order valence-electron chi connectivity index (χ2n) is 12.6. The van der Waals surface area contributed by atoms with Crippen LogP contribution in [-0.2, 0) is 0 Å². The number of anilines is 3. The fraction of sp³-hybridized carbons (Fsp3) is 0. The lowest BCUT2D eigenvalue weighted by molar-refractivity contribution is 0.669. The number of hydrogen-bond acceptors (Lipinski definition) is 2. The van der Waals surface area contributed by atoms with E-state index in [9.17, 15) is 0 Å². The van der Waals surface area contributed by atoms with E-state index in [1.807, 2.05) is 12.1 Å². The first-order valence-electron chi connectivity index (χ1n) is 16.7. The molecule has 0 saturated carbocycles. The van der Waals surface area contributed by atoms with Gasteiger partial charge >= 0.3 is 0 Å². The van der Waals surface area contributed by atoms with Gasteiger partial charge in [0.05, 0.1) is 11.0 Å². The third kappa shape index (κ3) is 4.44. The molecule has 10 rings (SSSR count). The summed E-state index contributed by atoms with van der Waals surface area (Å²) >= 11 is 0. The highest BCUT2D eigenvalue weighted by Crippen LogP contribution is 2.41. The minimum Gasteiger partial charge on any atom is -0.456 e. The van der Waals surface area contributed by atoms with E-state index in [1.165, 1.54) is 43.7 Å². The largest absolute Gasteiger partial charge is 0.456 e. The van der Waals surface area contributed by atoms with Crippen LogP contribution in [0.1, 0.15) is 0 Å². The van der Waals surface area contributed by atoms with Crippen molar-refractivity contribution in [3.05, 3.63) is 182 Å². The van der Waals surface area contributed by atoms with Crippen molar-refractivity contribution in [1.29, 1.82) is 0 Å². The number of fused-ring (bicyclic) bond motifs is 8. The molecular formula is C46H30N2O. The number of furan rings is 1. The first-order chi connectivity index (χ1) is 24.3. The van der Waals surface area contributed by atoms with E-state index in [2.05, 4.69) is 179 Å². The zero-order valence-electron chi connectivity index (χ0n) is 26.6. The van der Waals surface area contributed by atoms with Crippen molar-refractivity contribution >= 4 is 71.6 Å². The second-order valence-corrected chi connectivity index (χ2v) is 12.6. The molecule has 0 spiro atoms. The molecule has 0 amide bonds. The third-order valence-electron chi connectivity index (χ3n) is 9.76. The first kappa shape index (κ1) is 27.5. The van der Waals surface area contributed by atoms with Gasteiger partial charge in [0.15, 0.2) is 0 Å². The quantitative estimate of drug-likeness (QED) is 0.190. The van der Waals surface area contributed by atoms with Crippen molar-refractivity contribution in [2.75, 3.05) is 4.90 Å². The van der Waals surface area contributed by atoms with E-state index in [0.29, 0.717) is 0 Å². The molecule has 2 aromatic heterocycles. The highest BCUT2D eigenvalue weighted by atomic mass is 16.3. The Morgan fingerprint density at radius 3 is 1.84 bits per heavy atom. The van der Waals surface area contributed by atoms with Gasteiger partial charge in [-0.3, -0.25) is 0 Å². The minimum atomic E-state index is 0.881. The Morgan fingerprint density at radius 1 is 0.388 bits per heavy atom. The van der Waals surface area contributed by atoms with Crippen LogP contribution in [0.2, 0.25) is 0 Å². The molecule has 0 aliphatic heterocycles. The Hall–Kier alpha value is -6.58. The van der Waals surface area contributed by atoms with Gasteiger partial charge < -0.3 is 13.9 Å². The summed E-state index contributed by atoms with van der Waals surface area (Å²) in [5.41, 5.74) is 10.9. The zero-order valence-corrected chi connectivity index (χ0v) is 26.6. The van der Waals surface area contributed by atoms with E-state index < -0.39 is 0 Å². The fourth-order valence-electron chi connectivity index (χ4n) is 7.48. The summed E-state index contributed by atoms with van der Waals surface area (Å²) in [6.45, 7) is 0. The fourth-order valence-corrected chi connectivity index (χ4v) is 7.48. The van der Waals surface area contributed by atoms with Crippen LogP contribution in [0.15, 0.2) is 186 Å². The first-order valence-corrected chi connectivity index (χ1v) is 16.7. The number of para-hydroxylation sites is 3. The summed E-state index contributed by atoms with van der Waals surface area (Å²) in [7, 11) is 0. The summed E-state index contributed by atoms with van der Waals surface area (Å²) in [5, 5.41) is 7.27. The lowest BCUT2D eigenvalue weighted by Crippen LogP contribution is -2.09. The van der Waals surface area contributed by atoms with Gasteiger partial charge in [0.1, 0.15) is 11.2 Å². The van der Waals surface area contributed by atoms with Crippen LogP contribution in [0.25, 0.3) is 71.3 Å². The maximum Gasteiger partial charge on any atom is 0.137 e. The predicted molar refractivity (Wildman–Crippen MR) is 206 cm³/mol. The molecule has 0 fully saturated rings. The average Bonchev–Trinajstić information content (AvgIpc) is 3.71. The monoisotopic (exact) mass is 626 g/mol. The normalized spacial score (nSPS) is 11.7. The molecule has 3 heteroatoms. The number of nitrogens with zero attached hydrogens (tertiary/aromatic N) is 2. The Kier molecular flexibility index (Phi) is 6.18. The Bertz CT molecular complexity index is 2810. The standard InChI is InChI=1S/C46H30N2O/c1-3-12-34(13-4-1)47(37-25-28-41-40-17-9-10-18-44(40)49-45(41)30-37)36-23-19-31(20-24-36)33-22-26-39-42-27-21-32-11-7-8-16-38(32)46(42)48(43(39)29-33)35-14-5-2-6-15-35/h1-30H. The molecule has 0 aliphatic rings. The molecule has 10 aromatic rings. The van der Waals surface area contributed by atoms with Gasteiger partial charge in [-0.1, -0.05) is 115 Å². The maximum atomic E-state index is 6.29. The molecule has 230 valence electrons. The van der Waals surface area contributed by atoms with Crippen molar-refractivity contribution in [3.63, 3.8) is 0 Å². The van der Waals surface area contributed by atoms with E-state index in [-0.39, 0.29) is 0 Å². The van der Waals surface area contributed by atoms with Gasteiger partial charge in [0.25, 0.3) is 0 Å². The van der Waals surface area contributed by atoms with Gasteiger partial charge in [-0.2, -0.15) is 0 Å². The van der Waals surface area contributed by atoms with Crippen molar-refractivity contribution < 1.29 is 4.42 Å². The lowest BCUT2D eigenvalue weighted by atomic mass is 10.0. The molecule has 0 atom stereocenters. The summed E-state index contributed by atoms with van der Waals surface area (Å²) < 4.78 is 8.71. The predicted octanol–water partition coefficient (Wildman–Crippen LogP) is 13.0. The summed E-state index contributed by atoms with van der Waals surface area (Å²) in [6.07, 6.45) is 0. The van der Waals surface area contributed by atoms with Crippen LogP contribution in [-0.4, -0.2) is 4.57 Å². The maximum absolute atomic E-state index is 6.29. The molecule has 3 nitrogen and oxygen atoms in total. The topological polar surface area (TPSA) is 21.3 Å². The van der Waals surface area contributed by atoms with Crippen molar-refractivity contribution in [1.82, 2.24) is 4.57 Å². The van der Waals surface area contributed by atoms with E-state index in [0.717, 1.165) is 44.7 Å². The molecule has 2 heterocycles. The molecular weight excluding hydrogens is 597 g/mol. The lowest BCUT2D eigenvalue weighted by Gasteiger charge is -2.25. The van der Waals surface area contributed by atoms with Crippen molar-refractivity contribution in [2.24, 2.45) is 0 Å². The molecule has 0 N–H and O–H groups in total. The highest BCUT2D eigenvalue weighted by molar-refractivity contribution is 6.19. The molecule has 8 aromatic carbocycles. The highest BCUT2D eigenvalue weighted by Gasteiger charge is 2.18. The molecule has 0 bridgehead atoms. The number of rotatable bonds is 5.